The molecule has 1 atom stereocenters. The number of hydrogen-bond donors (Lipinski definition) is 2. The summed E-state index contributed by atoms with van der Waals surface area (Å²) >= 11 is 0. The zero-order valence-corrected chi connectivity index (χ0v) is 13.2. The van der Waals surface area contributed by atoms with Crippen molar-refractivity contribution < 1.29 is 23.1 Å². The number of fused-ring (bicyclic) bond motifs is 1. The van der Waals surface area contributed by atoms with Crippen LogP contribution in [0.2, 0.25) is 0 Å². The number of hydrogen-bond acceptors (Lipinski definition) is 3. The third-order valence-corrected chi connectivity index (χ3v) is 3.80. The van der Waals surface area contributed by atoms with E-state index in [1.54, 1.807) is 24.3 Å². The van der Waals surface area contributed by atoms with Gasteiger partial charge in [-0.3, -0.25) is 9.59 Å². The predicted octanol–water partition coefficient (Wildman–Crippen LogP) is 2.62. The summed E-state index contributed by atoms with van der Waals surface area (Å²) in [4.78, 5) is 24.3. The zero-order valence-electron chi connectivity index (χ0n) is 13.2. The van der Waals surface area contributed by atoms with Gasteiger partial charge in [0.2, 0.25) is 11.8 Å². The van der Waals surface area contributed by atoms with Crippen molar-refractivity contribution in [2.75, 3.05) is 11.9 Å². The second-order valence-corrected chi connectivity index (χ2v) is 5.75. The number of nitrogens with one attached hydrogen (secondary N) is 2. The van der Waals surface area contributed by atoms with Gasteiger partial charge in [0.25, 0.3) is 0 Å². The molecule has 3 rings (SSSR count). The topological polar surface area (TPSA) is 67.4 Å². The van der Waals surface area contributed by atoms with E-state index >= 15 is 0 Å². The lowest BCUT2D eigenvalue weighted by molar-refractivity contribution is -0.128. The minimum atomic E-state index is -0.710. The molecule has 5 nitrogen and oxygen atoms in total. The van der Waals surface area contributed by atoms with Gasteiger partial charge in [-0.1, -0.05) is 12.1 Å². The van der Waals surface area contributed by atoms with Gasteiger partial charge in [-0.2, -0.15) is 0 Å². The van der Waals surface area contributed by atoms with Crippen LogP contribution in [-0.2, 0) is 16.1 Å². The first-order valence-corrected chi connectivity index (χ1v) is 7.75. The van der Waals surface area contributed by atoms with Crippen LogP contribution in [-0.4, -0.2) is 18.4 Å². The van der Waals surface area contributed by atoms with Crippen molar-refractivity contribution in [1.82, 2.24) is 5.32 Å². The molecule has 2 aromatic carbocycles. The number of ether oxygens (including phenoxy) is 1. The summed E-state index contributed by atoms with van der Waals surface area (Å²) in [5.41, 5.74) is 0.866. The highest BCUT2D eigenvalue weighted by Gasteiger charge is 2.26. The molecule has 0 spiro atoms. The van der Waals surface area contributed by atoms with E-state index < -0.39 is 23.5 Å². The first kappa shape index (κ1) is 16.9. The maximum absolute atomic E-state index is 13.1. The SMILES string of the molecule is O=C(CC1COc2ccccc2NC1=O)NCc1cc(F)cc(F)c1. The van der Waals surface area contributed by atoms with Gasteiger partial charge in [0, 0.05) is 19.0 Å². The van der Waals surface area contributed by atoms with Crippen molar-refractivity contribution in [2.45, 2.75) is 13.0 Å². The standard InChI is InChI=1S/C18H16F2N2O3/c19-13-5-11(6-14(20)8-13)9-21-17(23)7-12-10-25-16-4-2-1-3-15(16)22-18(12)24/h1-6,8,12H,7,9-10H2,(H,21,23)(H,22,24). The van der Waals surface area contributed by atoms with E-state index in [-0.39, 0.29) is 25.5 Å². The number of anilines is 1. The number of halogens is 2. The predicted molar refractivity (Wildman–Crippen MR) is 86.9 cm³/mol. The fourth-order valence-corrected chi connectivity index (χ4v) is 2.56. The molecule has 0 saturated carbocycles. The second-order valence-electron chi connectivity index (χ2n) is 5.75. The Kier molecular flexibility index (Phi) is 4.92. The maximum Gasteiger partial charge on any atom is 0.231 e. The Bertz CT molecular complexity index is 790. The monoisotopic (exact) mass is 346 g/mol. The first-order valence-electron chi connectivity index (χ1n) is 7.75. The number of amides is 2. The summed E-state index contributed by atoms with van der Waals surface area (Å²) < 4.78 is 31.8. The van der Waals surface area contributed by atoms with E-state index in [1.165, 1.54) is 0 Å². The molecule has 1 unspecified atom stereocenters. The van der Waals surface area contributed by atoms with E-state index in [1.807, 2.05) is 0 Å². The molecule has 25 heavy (non-hydrogen) atoms. The lowest BCUT2D eigenvalue weighted by Gasteiger charge is -2.13. The average Bonchev–Trinajstić information content (AvgIpc) is 2.71. The molecule has 0 aliphatic carbocycles. The van der Waals surface area contributed by atoms with Gasteiger partial charge in [0.15, 0.2) is 0 Å². The van der Waals surface area contributed by atoms with Crippen LogP contribution in [0.15, 0.2) is 42.5 Å². The van der Waals surface area contributed by atoms with Gasteiger partial charge in [0.05, 0.1) is 11.6 Å². The normalized spacial score (nSPS) is 16.2. The fraction of sp³-hybridized carbons (Fsp3) is 0.222. The fourth-order valence-electron chi connectivity index (χ4n) is 2.56. The summed E-state index contributed by atoms with van der Waals surface area (Å²) in [5.74, 6) is -2.24. The lowest BCUT2D eigenvalue weighted by Crippen LogP contribution is -2.32. The summed E-state index contributed by atoms with van der Waals surface area (Å²) in [6.07, 6.45) is -0.0857. The van der Waals surface area contributed by atoms with Gasteiger partial charge in [-0.15, -0.1) is 0 Å². The quantitative estimate of drug-likeness (QED) is 0.894. The molecule has 130 valence electrons. The van der Waals surface area contributed by atoms with Crippen molar-refractivity contribution >= 4 is 17.5 Å². The minimum absolute atomic E-state index is 0.0249. The largest absolute Gasteiger partial charge is 0.491 e. The number of rotatable bonds is 4. The Balaban J connectivity index is 1.57. The number of benzene rings is 2. The molecule has 1 aliphatic heterocycles. The molecule has 0 radical (unpaired) electrons. The Labute approximate surface area is 143 Å². The minimum Gasteiger partial charge on any atom is -0.491 e. The third kappa shape index (κ3) is 4.32. The highest BCUT2D eigenvalue weighted by Crippen LogP contribution is 2.28. The molecule has 0 aromatic heterocycles. The maximum atomic E-state index is 13.1. The smallest absolute Gasteiger partial charge is 0.231 e. The van der Waals surface area contributed by atoms with Gasteiger partial charge in [0.1, 0.15) is 24.0 Å². The van der Waals surface area contributed by atoms with Crippen LogP contribution in [0.5, 0.6) is 5.75 Å². The molecular weight excluding hydrogens is 330 g/mol. The molecule has 2 aromatic rings. The third-order valence-electron chi connectivity index (χ3n) is 3.80. The molecule has 0 fully saturated rings. The van der Waals surface area contributed by atoms with Crippen LogP contribution < -0.4 is 15.4 Å². The molecule has 1 aliphatic rings. The zero-order chi connectivity index (χ0) is 17.8. The van der Waals surface area contributed by atoms with E-state index in [0.717, 1.165) is 18.2 Å². The Hall–Kier alpha value is -2.96. The Morgan fingerprint density at radius 3 is 2.68 bits per heavy atom. The summed E-state index contributed by atoms with van der Waals surface area (Å²) in [5, 5.41) is 5.28. The average molecular weight is 346 g/mol. The van der Waals surface area contributed by atoms with Crippen molar-refractivity contribution in [3.8, 4) is 5.75 Å². The van der Waals surface area contributed by atoms with Crippen LogP contribution in [0.3, 0.4) is 0 Å². The number of carbonyl (C=O) groups excluding carboxylic acids is 2. The van der Waals surface area contributed by atoms with Crippen LogP contribution in [0.25, 0.3) is 0 Å². The van der Waals surface area contributed by atoms with Gasteiger partial charge in [-0.05, 0) is 29.8 Å². The highest BCUT2D eigenvalue weighted by molar-refractivity contribution is 5.97. The van der Waals surface area contributed by atoms with E-state index in [0.29, 0.717) is 17.0 Å². The molecule has 7 heteroatoms. The van der Waals surface area contributed by atoms with Gasteiger partial charge < -0.3 is 15.4 Å². The van der Waals surface area contributed by atoms with Crippen molar-refractivity contribution in [3.63, 3.8) is 0 Å². The van der Waals surface area contributed by atoms with E-state index in [9.17, 15) is 18.4 Å². The van der Waals surface area contributed by atoms with Crippen molar-refractivity contribution in [3.05, 3.63) is 59.7 Å². The number of para-hydroxylation sites is 2. The van der Waals surface area contributed by atoms with Crippen LogP contribution in [0, 0.1) is 17.6 Å². The molecule has 1 heterocycles. The van der Waals surface area contributed by atoms with E-state index in [2.05, 4.69) is 10.6 Å². The Morgan fingerprint density at radius 2 is 1.92 bits per heavy atom. The molecule has 2 N–H and O–H groups in total. The first-order chi connectivity index (χ1) is 12.0. The summed E-state index contributed by atoms with van der Waals surface area (Å²) in [6.45, 7) is 0.0494. The lowest BCUT2D eigenvalue weighted by atomic mass is 10.1. The highest BCUT2D eigenvalue weighted by atomic mass is 19.1. The van der Waals surface area contributed by atoms with Crippen LogP contribution >= 0.6 is 0 Å². The van der Waals surface area contributed by atoms with Crippen LogP contribution in [0.4, 0.5) is 14.5 Å². The Morgan fingerprint density at radius 1 is 1.20 bits per heavy atom. The van der Waals surface area contributed by atoms with Crippen LogP contribution in [0.1, 0.15) is 12.0 Å². The summed E-state index contributed by atoms with van der Waals surface area (Å²) in [6, 6.07) is 10.0. The molecular formula is C18H16F2N2O3. The summed E-state index contributed by atoms with van der Waals surface area (Å²) in [7, 11) is 0. The number of carbonyl (C=O) groups is 2. The van der Waals surface area contributed by atoms with Gasteiger partial charge >= 0.3 is 0 Å². The molecule has 2 amide bonds. The van der Waals surface area contributed by atoms with Crippen molar-refractivity contribution in [2.24, 2.45) is 5.92 Å². The van der Waals surface area contributed by atoms with E-state index in [4.69, 9.17) is 4.74 Å². The molecule has 0 saturated heterocycles. The van der Waals surface area contributed by atoms with Gasteiger partial charge in [-0.25, -0.2) is 8.78 Å². The van der Waals surface area contributed by atoms with Crippen molar-refractivity contribution in [1.29, 1.82) is 0 Å². The molecule has 0 bridgehead atoms. The second kappa shape index (κ2) is 7.29.